The van der Waals surface area contributed by atoms with E-state index in [1.54, 1.807) is 36.4 Å². The molecule has 0 spiro atoms. The molecule has 32 heavy (non-hydrogen) atoms. The number of sulfone groups is 1. The quantitative estimate of drug-likeness (QED) is 0.536. The van der Waals surface area contributed by atoms with E-state index in [0.717, 1.165) is 11.3 Å². The van der Waals surface area contributed by atoms with Crippen LogP contribution in [-0.2, 0) is 16.4 Å². The number of aromatic nitrogens is 1. The van der Waals surface area contributed by atoms with Gasteiger partial charge in [0.15, 0.2) is 21.3 Å². The SMILES string of the molecule is CCOc1ccc(-c2cc(C(=O)N(Cc3cccc(F)c3)[C@@H]3CCS(=O)(=O)C3)no2)cc1. The average molecular weight is 459 g/mol. The van der Waals surface area contributed by atoms with Crippen LogP contribution in [0.25, 0.3) is 11.3 Å². The van der Waals surface area contributed by atoms with Gasteiger partial charge in [0.2, 0.25) is 0 Å². The van der Waals surface area contributed by atoms with Crippen molar-refractivity contribution in [2.45, 2.75) is 25.9 Å². The summed E-state index contributed by atoms with van der Waals surface area (Å²) >= 11 is 0. The van der Waals surface area contributed by atoms with E-state index in [4.69, 9.17) is 9.26 Å². The van der Waals surface area contributed by atoms with Gasteiger partial charge in [-0.1, -0.05) is 17.3 Å². The van der Waals surface area contributed by atoms with Crippen molar-refractivity contribution in [1.29, 1.82) is 0 Å². The van der Waals surface area contributed by atoms with E-state index in [2.05, 4.69) is 5.16 Å². The van der Waals surface area contributed by atoms with Gasteiger partial charge in [-0.05, 0) is 55.3 Å². The summed E-state index contributed by atoms with van der Waals surface area (Å²) < 4.78 is 48.5. The fraction of sp³-hybridized carbons (Fsp3) is 0.304. The summed E-state index contributed by atoms with van der Waals surface area (Å²) in [6.45, 7) is 2.52. The van der Waals surface area contributed by atoms with Crippen molar-refractivity contribution in [3.8, 4) is 17.1 Å². The third-order valence-electron chi connectivity index (χ3n) is 5.33. The molecule has 1 aliphatic rings. The van der Waals surface area contributed by atoms with Crippen molar-refractivity contribution < 1.29 is 26.9 Å². The van der Waals surface area contributed by atoms with E-state index >= 15 is 0 Å². The molecular weight excluding hydrogens is 435 g/mol. The molecule has 2 heterocycles. The van der Waals surface area contributed by atoms with Gasteiger partial charge >= 0.3 is 0 Å². The van der Waals surface area contributed by atoms with E-state index in [0.29, 0.717) is 24.4 Å². The van der Waals surface area contributed by atoms with Crippen molar-refractivity contribution in [2.24, 2.45) is 0 Å². The summed E-state index contributed by atoms with van der Waals surface area (Å²) in [4.78, 5) is 14.8. The van der Waals surface area contributed by atoms with Crippen LogP contribution in [0.4, 0.5) is 4.39 Å². The van der Waals surface area contributed by atoms with E-state index in [9.17, 15) is 17.6 Å². The van der Waals surface area contributed by atoms with Gasteiger partial charge in [0.25, 0.3) is 5.91 Å². The molecule has 0 saturated carbocycles. The maximum atomic E-state index is 13.7. The summed E-state index contributed by atoms with van der Waals surface area (Å²) in [5.74, 6) is 0.126. The molecule has 9 heteroatoms. The van der Waals surface area contributed by atoms with Crippen LogP contribution in [0.5, 0.6) is 5.75 Å². The number of hydrogen-bond donors (Lipinski definition) is 0. The van der Waals surface area contributed by atoms with Crippen LogP contribution in [0.3, 0.4) is 0 Å². The van der Waals surface area contributed by atoms with Crippen LogP contribution >= 0.6 is 0 Å². The molecule has 0 radical (unpaired) electrons. The highest BCUT2D eigenvalue weighted by Crippen LogP contribution is 2.26. The van der Waals surface area contributed by atoms with Gasteiger partial charge in [0.05, 0.1) is 18.1 Å². The number of rotatable bonds is 7. The minimum atomic E-state index is -3.23. The lowest BCUT2D eigenvalue weighted by molar-refractivity contribution is 0.0670. The summed E-state index contributed by atoms with van der Waals surface area (Å²) in [5, 5.41) is 3.92. The third kappa shape index (κ3) is 4.99. The van der Waals surface area contributed by atoms with E-state index in [1.807, 2.05) is 6.92 Å². The Kier molecular flexibility index (Phi) is 6.27. The molecule has 4 rings (SSSR count). The van der Waals surface area contributed by atoms with E-state index in [1.165, 1.54) is 23.1 Å². The highest BCUT2D eigenvalue weighted by atomic mass is 32.2. The zero-order valence-electron chi connectivity index (χ0n) is 17.5. The smallest absolute Gasteiger partial charge is 0.276 e. The fourth-order valence-electron chi connectivity index (χ4n) is 3.76. The van der Waals surface area contributed by atoms with Crippen molar-refractivity contribution in [2.75, 3.05) is 18.1 Å². The number of carbonyl (C=O) groups is 1. The lowest BCUT2D eigenvalue weighted by atomic mass is 10.1. The first-order chi connectivity index (χ1) is 15.3. The van der Waals surface area contributed by atoms with Gasteiger partial charge in [-0.15, -0.1) is 0 Å². The van der Waals surface area contributed by atoms with Gasteiger partial charge in [0, 0.05) is 24.2 Å². The second-order valence-electron chi connectivity index (χ2n) is 7.65. The number of nitrogens with zero attached hydrogens (tertiary/aromatic N) is 2. The third-order valence-corrected chi connectivity index (χ3v) is 7.08. The molecule has 168 valence electrons. The molecule has 2 aromatic carbocycles. The molecule has 1 aromatic heterocycles. The second kappa shape index (κ2) is 9.12. The van der Waals surface area contributed by atoms with Crippen molar-refractivity contribution in [1.82, 2.24) is 10.1 Å². The monoisotopic (exact) mass is 458 g/mol. The van der Waals surface area contributed by atoms with Crippen LogP contribution in [-0.4, -0.2) is 48.5 Å². The normalized spacial score (nSPS) is 17.2. The highest BCUT2D eigenvalue weighted by molar-refractivity contribution is 7.91. The Morgan fingerprint density at radius 2 is 2.00 bits per heavy atom. The average Bonchev–Trinajstić information content (AvgIpc) is 3.39. The van der Waals surface area contributed by atoms with Gasteiger partial charge in [-0.2, -0.15) is 0 Å². The zero-order valence-corrected chi connectivity index (χ0v) is 18.3. The van der Waals surface area contributed by atoms with Crippen molar-refractivity contribution >= 4 is 15.7 Å². The predicted molar refractivity (Wildman–Crippen MR) is 116 cm³/mol. The Morgan fingerprint density at radius 3 is 2.66 bits per heavy atom. The molecule has 1 atom stereocenters. The summed E-state index contributed by atoms with van der Waals surface area (Å²) in [6.07, 6.45) is 0.326. The van der Waals surface area contributed by atoms with Crippen molar-refractivity contribution in [3.63, 3.8) is 0 Å². The van der Waals surface area contributed by atoms with Gasteiger partial charge in [-0.3, -0.25) is 4.79 Å². The summed E-state index contributed by atoms with van der Waals surface area (Å²) in [6, 6.07) is 14.1. The number of benzene rings is 2. The first-order valence-electron chi connectivity index (χ1n) is 10.3. The maximum Gasteiger partial charge on any atom is 0.276 e. The molecule has 1 fully saturated rings. The molecule has 0 aliphatic carbocycles. The van der Waals surface area contributed by atoms with Crippen LogP contribution in [0, 0.1) is 5.82 Å². The molecule has 0 bridgehead atoms. The maximum absolute atomic E-state index is 13.7. The van der Waals surface area contributed by atoms with Gasteiger partial charge in [-0.25, -0.2) is 12.8 Å². The summed E-state index contributed by atoms with van der Waals surface area (Å²) in [5.41, 5.74) is 1.35. The Morgan fingerprint density at radius 1 is 1.22 bits per heavy atom. The Balaban J connectivity index is 1.59. The summed E-state index contributed by atoms with van der Waals surface area (Å²) in [7, 11) is -3.23. The second-order valence-corrected chi connectivity index (χ2v) is 9.88. The van der Waals surface area contributed by atoms with E-state index in [-0.39, 0.29) is 23.7 Å². The number of halogens is 1. The van der Waals surface area contributed by atoms with Crippen molar-refractivity contribution in [3.05, 3.63) is 71.7 Å². The molecule has 7 nitrogen and oxygen atoms in total. The predicted octanol–water partition coefficient (Wildman–Crippen LogP) is 3.71. The highest BCUT2D eigenvalue weighted by Gasteiger charge is 2.36. The fourth-order valence-corrected chi connectivity index (χ4v) is 5.49. The molecule has 1 saturated heterocycles. The largest absolute Gasteiger partial charge is 0.494 e. The number of hydrogen-bond acceptors (Lipinski definition) is 6. The first kappa shape index (κ1) is 22.0. The zero-order chi connectivity index (χ0) is 22.7. The lowest BCUT2D eigenvalue weighted by Crippen LogP contribution is -2.40. The number of amides is 1. The standard InChI is InChI=1S/C23H23FN2O5S/c1-2-30-20-8-6-17(7-9-20)22-13-21(25-31-22)23(27)26(19-10-11-32(28,29)15-19)14-16-4-3-5-18(24)12-16/h3-9,12-13,19H,2,10-11,14-15H2,1H3/t19-/m1/s1. The molecule has 0 unspecified atom stereocenters. The first-order valence-corrected chi connectivity index (χ1v) is 12.1. The van der Waals surface area contributed by atoms with Gasteiger partial charge < -0.3 is 14.2 Å². The molecule has 1 amide bonds. The van der Waals surface area contributed by atoms with Crippen LogP contribution in [0.1, 0.15) is 29.4 Å². The van der Waals surface area contributed by atoms with Crippen LogP contribution < -0.4 is 4.74 Å². The Bertz CT molecular complexity index is 1210. The minimum Gasteiger partial charge on any atom is -0.494 e. The topological polar surface area (TPSA) is 89.7 Å². The Hall–Kier alpha value is -3.20. The molecule has 1 aliphatic heterocycles. The lowest BCUT2D eigenvalue weighted by Gasteiger charge is -2.27. The number of carbonyl (C=O) groups excluding carboxylic acids is 1. The molecular formula is C23H23FN2O5S. The van der Waals surface area contributed by atoms with Crippen LogP contribution in [0.2, 0.25) is 0 Å². The van der Waals surface area contributed by atoms with Gasteiger partial charge in [0.1, 0.15) is 11.6 Å². The number of ether oxygens (including phenoxy) is 1. The Labute approximate surface area is 185 Å². The molecule has 0 N–H and O–H groups in total. The minimum absolute atomic E-state index is 0.0147. The van der Waals surface area contributed by atoms with E-state index < -0.39 is 27.6 Å². The molecule has 3 aromatic rings. The van der Waals surface area contributed by atoms with Crippen LogP contribution in [0.15, 0.2) is 59.1 Å².